The third-order valence-electron chi connectivity index (χ3n) is 6.98. The molecule has 4 heterocycles. The summed E-state index contributed by atoms with van der Waals surface area (Å²) in [6, 6.07) is 1.78. The first kappa shape index (κ1) is 24.2. The molecule has 0 spiro atoms. The lowest BCUT2D eigenvalue weighted by Crippen LogP contribution is -2.48. The van der Waals surface area contributed by atoms with Crippen molar-refractivity contribution in [3.05, 3.63) is 16.1 Å². The number of methoxy groups -OCH3 is 1. The van der Waals surface area contributed by atoms with E-state index in [2.05, 4.69) is 31.1 Å². The standard InChI is InChI=1S/C23H34BrN5O4/c1-32-22-17(13-18(24)20(25)27-22)21(30)26-16-6-8-28(9-7-16)14-15-4-10-29(11-5-15)23(31)19-3-2-12-33-19/h13,15-16,19H,2-12,14H2,1H3,(H2,25,27)(H,26,30)/t19-/m0/s1. The number of anilines is 1. The van der Waals surface area contributed by atoms with Gasteiger partial charge in [-0.15, -0.1) is 0 Å². The van der Waals surface area contributed by atoms with Crippen molar-refractivity contribution in [1.29, 1.82) is 0 Å². The van der Waals surface area contributed by atoms with Gasteiger partial charge in [-0.2, -0.15) is 4.98 Å². The number of nitrogen functional groups attached to an aromatic ring is 1. The quantitative estimate of drug-likeness (QED) is 0.586. The molecule has 0 bridgehead atoms. The van der Waals surface area contributed by atoms with E-state index in [0.29, 0.717) is 28.4 Å². The van der Waals surface area contributed by atoms with Gasteiger partial charge in [0.15, 0.2) is 0 Å². The van der Waals surface area contributed by atoms with E-state index in [4.69, 9.17) is 15.2 Å². The molecule has 33 heavy (non-hydrogen) atoms. The number of nitrogens with two attached hydrogens (primary N) is 1. The molecule has 1 aromatic heterocycles. The second-order valence-corrected chi connectivity index (χ2v) is 10.1. The fraction of sp³-hybridized carbons (Fsp3) is 0.696. The molecule has 0 unspecified atom stereocenters. The van der Waals surface area contributed by atoms with Gasteiger partial charge in [0.05, 0.1) is 11.6 Å². The Bertz CT molecular complexity index is 847. The molecule has 0 aliphatic carbocycles. The Hall–Kier alpha value is -1.91. The monoisotopic (exact) mass is 523 g/mol. The number of hydrogen-bond donors (Lipinski definition) is 2. The second-order valence-electron chi connectivity index (χ2n) is 9.23. The van der Waals surface area contributed by atoms with Crippen LogP contribution >= 0.6 is 15.9 Å². The Morgan fingerprint density at radius 3 is 2.58 bits per heavy atom. The largest absolute Gasteiger partial charge is 0.480 e. The van der Waals surface area contributed by atoms with E-state index >= 15 is 0 Å². The predicted molar refractivity (Wildman–Crippen MR) is 128 cm³/mol. The van der Waals surface area contributed by atoms with Crippen LogP contribution in [-0.4, -0.2) is 85.2 Å². The van der Waals surface area contributed by atoms with Gasteiger partial charge in [-0.25, -0.2) is 0 Å². The fourth-order valence-electron chi connectivity index (χ4n) is 5.00. The minimum Gasteiger partial charge on any atom is -0.480 e. The average molecular weight is 524 g/mol. The van der Waals surface area contributed by atoms with Crippen LogP contribution in [0.4, 0.5) is 5.82 Å². The number of piperidine rings is 2. The van der Waals surface area contributed by atoms with Crippen LogP contribution in [0.25, 0.3) is 0 Å². The van der Waals surface area contributed by atoms with E-state index in [-0.39, 0.29) is 29.8 Å². The molecule has 0 aromatic carbocycles. The molecule has 0 radical (unpaired) electrons. The number of ether oxygens (including phenoxy) is 2. The minimum absolute atomic E-state index is 0.126. The Balaban J connectivity index is 1.19. The van der Waals surface area contributed by atoms with E-state index in [1.165, 1.54) is 7.11 Å². The molecule has 4 rings (SSSR count). The lowest BCUT2D eigenvalue weighted by molar-refractivity contribution is -0.142. The number of likely N-dealkylation sites (tertiary alicyclic amines) is 2. The Morgan fingerprint density at radius 1 is 1.21 bits per heavy atom. The number of carbonyl (C=O) groups is 2. The Morgan fingerprint density at radius 2 is 1.94 bits per heavy atom. The van der Waals surface area contributed by atoms with Gasteiger partial charge in [-0.05, 0) is 66.4 Å². The van der Waals surface area contributed by atoms with Crippen LogP contribution in [0.15, 0.2) is 10.5 Å². The van der Waals surface area contributed by atoms with E-state index in [1.54, 1.807) is 6.07 Å². The van der Waals surface area contributed by atoms with Gasteiger partial charge in [0, 0.05) is 45.4 Å². The van der Waals surface area contributed by atoms with E-state index in [1.807, 2.05) is 4.90 Å². The Labute approximate surface area is 203 Å². The summed E-state index contributed by atoms with van der Waals surface area (Å²) in [7, 11) is 1.48. The molecule has 3 N–H and O–H groups in total. The first-order chi connectivity index (χ1) is 15.9. The summed E-state index contributed by atoms with van der Waals surface area (Å²) in [6.07, 6.45) is 5.57. The highest BCUT2D eigenvalue weighted by molar-refractivity contribution is 9.10. The lowest BCUT2D eigenvalue weighted by atomic mass is 9.94. The number of hydrogen-bond acceptors (Lipinski definition) is 7. The first-order valence-corrected chi connectivity index (χ1v) is 12.7. The molecule has 3 fully saturated rings. The van der Waals surface area contributed by atoms with Crippen LogP contribution in [0.2, 0.25) is 0 Å². The summed E-state index contributed by atoms with van der Waals surface area (Å²) in [5.74, 6) is 1.13. The number of nitrogens with zero attached hydrogens (tertiary/aromatic N) is 3. The third-order valence-corrected chi connectivity index (χ3v) is 7.61. The maximum atomic E-state index is 12.8. The van der Waals surface area contributed by atoms with Gasteiger partial charge in [0.2, 0.25) is 5.88 Å². The lowest BCUT2D eigenvalue weighted by Gasteiger charge is -2.38. The van der Waals surface area contributed by atoms with Crippen molar-refractivity contribution in [2.45, 2.75) is 50.7 Å². The van der Waals surface area contributed by atoms with Crippen molar-refractivity contribution in [3.63, 3.8) is 0 Å². The molecule has 182 valence electrons. The van der Waals surface area contributed by atoms with Gasteiger partial charge in [0.1, 0.15) is 17.5 Å². The van der Waals surface area contributed by atoms with Crippen LogP contribution in [0.3, 0.4) is 0 Å². The maximum Gasteiger partial charge on any atom is 0.257 e. The number of pyridine rings is 1. The molecule has 3 aliphatic rings. The summed E-state index contributed by atoms with van der Waals surface area (Å²) in [5.41, 5.74) is 6.17. The second kappa shape index (κ2) is 11.0. The number of aromatic nitrogens is 1. The maximum absolute atomic E-state index is 12.8. The van der Waals surface area contributed by atoms with Crippen LogP contribution in [0.1, 0.15) is 48.9 Å². The fourth-order valence-corrected chi connectivity index (χ4v) is 5.32. The molecule has 2 amide bonds. The van der Waals surface area contributed by atoms with Gasteiger partial charge < -0.3 is 30.3 Å². The first-order valence-electron chi connectivity index (χ1n) is 11.9. The number of amides is 2. The van der Waals surface area contributed by atoms with Crippen molar-refractivity contribution in [3.8, 4) is 5.88 Å². The zero-order valence-electron chi connectivity index (χ0n) is 19.2. The molecule has 3 aliphatic heterocycles. The summed E-state index contributed by atoms with van der Waals surface area (Å²) >= 11 is 3.33. The van der Waals surface area contributed by atoms with Gasteiger partial charge in [-0.1, -0.05) is 0 Å². The van der Waals surface area contributed by atoms with Gasteiger partial charge in [-0.3, -0.25) is 9.59 Å². The van der Waals surface area contributed by atoms with Crippen molar-refractivity contribution < 1.29 is 19.1 Å². The van der Waals surface area contributed by atoms with Crippen molar-refractivity contribution >= 4 is 33.6 Å². The SMILES string of the molecule is COc1nc(N)c(Br)cc1C(=O)NC1CCN(CC2CCN(C(=O)[C@@H]3CCCO3)CC2)CC1. The van der Waals surface area contributed by atoms with E-state index in [9.17, 15) is 9.59 Å². The molecule has 0 saturated carbocycles. The molecule has 1 atom stereocenters. The van der Waals surface area contributed by atoms with Crippen LogP contribution in [0.5, 0.6) is 5.88 Å². The summed E-state index contributed by atoms with van der Waals surface area (Å²) in [6.45, 7) is 5.37. The highest BCUT2D eigenvalue weighted by atomic mass is 79.9. The average Bonchev–Trinajstić information content (AvgIpc) is 3.37. The topological polar surface area (TPSA) is 110 Å². The molecule has 10 heteroatoms. The molecule has 3 saturated heterocycles. The van der Waals surface area contributed by atoms with Gasteiger partial charge in [0.25, 0.3) is 11.8 Å². The predicted octanol–water partition coefficient (Wildman–Crippen LogP) is 2.05. The van der Waals surface area contributed by atoms with Crippen LogP contribution in [-0.2, 0) is 9.53 Å². The Kier molecular flexibility index (Phi) is 8.08. The van der Waals surface area contributed by atoms with Crippen molar-refractivity contribution in [2.24, 2.45) is 5.92 Å². The van der Waals surface area contributed by atoms with Crippen LogP contribution in [0, 0.1) is 5.92 Å². The zero-order chi connectivity index (χ0) is 23.4. The van der Waals surface area contributed by atoms with E-state index in [0.717, 1.165) is 71.2 Å². The third kappa shape index (κ3) is 5.96. The number of rotatable bonds is 6. The summed E-state index contributed by atoms with van der Waals surface area (Å²) in [5, 5.41) is 3.12. The molecular weight excluding hydrogens is 490 g/mol. The van der Waals surface area contributed by atoms with Crippen molar-refractivity contribution in [2.75, 3.05) is 52.2 Å². The molecule has 1 aromatic rings. The van der Waals surface area contributed by atoms with Crippen LogP contribution < -0.4 is 15.8 Å². The zero-order valence-corrected chi connectivity index (χ0v) is 20.8. The van der Waals surface area contributed by atoms with Gasteiger partial charge >= 0.3 is 0 Å². The van der Waals surface area contributed by atoms with Crippen molar-refractivity contribution in [1.82, 2.24) is 20.1 Å². The molecular formula is C23H34BrN5O4. The summed E-state index contributed by atoms with van der Waals surface area (Å²) in [4.78, 5) is 33.9. The highest BCUT2D eigenvalue weighted by Gasteiger charge is 2.32. The number of carbonyl (C=O) groups excluding carboxylic acids is 2. The van der Waals surface area contributed by atoms with E-state index < -0.39 is 0 Å². The highest BCUT2D eigenvalue weighted by Crippen LogP contribution is 2.26. The minimum atomic E-state index is -0.208. The normalized spacial score (nSPS) is 23.0. The molecule has 9 nitrogen and oxygen atoms in total. The summed E-state index contributed by atoms with van der Waals surface area (Å²) < 4.78 is 11.4. The smallest absolute Gasteiger partial charge is 0.257 e. The number of nitrogens with one attached hydrogen (secondary N) is 1. The number of halogens is 1.